The van der Waals surface area contributed by atoms with Crippen LogP contribution in [0.5, 0.6) is 0 Å². The molecule has 0 unspecified atom stereocenters. The van der Waals surface area contributed by atoms with E-state index in [0.29, 0.717) is 0 Å². The van der Waals surface area contributed by atoms with Crippen LogP contribution in [0.4, 0.5) is 8.78 Å². The lowest BCUT2D eigenvalue weighted by Gasteiger charge is -2.30. The van der Waals surface area contributed by atoms with Crippen LogP contribution in [0.25, 0.3) is 0 Å². The van der Waals surface area contributed by atoms with Crippen LogP contribution in [-0.2, 0) is 16.6 Å². The molecule has 4 nitrogen and oxygen atoms in total. The molecule has 1 aliphatic rings. The second-order valence-corrected chi connectivity index (χ2v) is 7.33. The van der Waals surface area contributed by atoms with E-state index < -0.39 is 33.2 Å². The molecule has 1 aromatic carbocycles. The number of sulfonamides is 1. The van der Waals surface area contributed by atoms with Crippen molar-refractivity contribution in [3.8, 4) is 0 Å². The molecular formula is C14H19F2NO3S. The Labute approximate surface area is 123 Å². The first kappa shape index (κ1) is 16.3. The Morgan fingerprint density at radius 2 is 1.86 bits per heavy atom. The van der Waals surface area contributed by atoms with E-state index in [-0.39, 0.29) is 11.6 Å². The van der Waals surface area contributed by atoms with Gasteiger partial charge in [0.1, 0.15) is 4.90 Å². The summed E-state index contributed by atoms with van der Waals surface area (Å²) in [4.78, 5) is -0.709. The molecule has 7 heteroatoms. The van der Waals surface area contributed by atoms with E-state index in [4.69, 9.17) is 5.11 Å². The zero-order chi connectivity index (χ0) is 15.6. The molecule has 118 valence electrons. The summed E-state index contributed by atoms with van der Waals surface area (Å²) in [6.45, 7) is -0.549. The van der Waals surface area contributed by atoms with Crippen LogP contribution >= 0.6 is 0 Å². The topological polar surface area (TPSA) is 57.6 Å². The predicted molar refractivity (Wildman–Crippen MR) is 74.1 cm³/mol. The van der Waals surface area contributed by atoms with E-state index >= 15 is 0 Å². The van der Waals surface area contributed by atoms with Gasteiger partial charge < -0.3 is 5.11 Å². The van der Waals surface area contributed by atoms with Gasteiger partial charge in [0.15, 0.2) is 11.6 Å². The van der Waals surface area contributed by atoms with E-state index in [9.17, 15) is 17.2 Å². The molecule has 1 aliphatic carbocycles. The van der Waals surface area contributed by atoms with Gasteiger partial charge in [-0.15, -0.1) is 0 Å². The first-order valence-corrected chi connectivity index (χ1v) is 8.38. The number of hydrogen-bond donors (Lipinski definition) is 1. The largest absolute Gasteiger partial charge is 0.392 e. The molecule has 0 radical (unpaired) electrons. The zero-order valence-electron chi connectivity index (χ0n) is 11.8. The number of hydrogen-bond acceptors (Lipinski definition) is 3. The van der Waals surface area contributed by atoms with Gasteiger partial charge in [-0.2, -0.15) is 4.31 Å². The summed E-state index contributed by atoms with van der Waals surface area (Å²) >= 11 is 0. The van der Waals surface area contributed by atoms with Crippen molar-refractivity contribution >= 4 is 10.0 Å². The Kier molecular flexibility index (Phi) is 4.95. The molecule has 1 N–H and O–H groups in total. The number of halogens is 2. The maximum atomic E-state index is 13.9. The summed E-state index contributed by atoms with van der Waals surface area (Å²) in [7, 11) is -2.72. The molecule has 1 aromatic rings. The maximum absolute atomic E-state index is 13.9. The molecule has 0 saturated heterocycles. The van der Waals surface area contributed by atoms with Crippen molar-refractivity contribution in [3.05, 3.63) is 29.3 Å². The highest BCUT2D eigenvalue weighted by Gasteiger charge is 2.32. The van der Waals surface area contributed by atoms with E-state index in [1.165, 1.54) is 7.05 Å². The second-order valence-electron chi connectivity index (χ2n) is 5.36. The lowest BCUT2D eigenvalue weighted by molar-refractivity contribution is 0.278. The number of aliphatic hydroxyl groups is 1. The van der Waals surface area contributed by atoms with Crippen LogP contribution in [0.3, 0.4) is 0 Å². The molecule has 1 saturated carbocycles. The highest BCUT2D eigenvalue weighted by molar-refractivity contribution is 7.89. The fourth-order valence-electron chi connectivity index (χ4n) is 2.69. The molecule has 0 aromatic heterocycles. The van der Waals surface area contributed by atoms with Gasteiger partial charge in [0.25, 0.3) is 0 Å². The number of aliphatic hydroxyl groups excluding tert-OH is 1. The van der Waals surface area contributed by atoms with E-state index in [2.05, 4.69) is 0 Å². The number of nitrogens with zero attached hydrogens (tertiary/aromatic N) is 1. The first-order chi connectivity index (χ1) is 9.87. The van der Waals surface area contributed by atoms with Crippen LogP contribution in [-0.4, -0.2) is 30.9 Å². The monoisotopic (exact) mass is 319 g/mol. The summed E-state index contributed by atoms with van der Waals surface area (Å²) in [6, 6.07) is 1.60. The second kappa shape index (κ2) is 6.37. The zero-order valence-corrected chi connectivity index (χ0v) is 12.7. The standard InChI is InChI=1S/C14H19F2NO3S/c1-17(11-5-3-2-4-6-11)21(19,20)13-8-10(9-18)7-12(15)14(13)16/h7-8,11,18H,2-6,9H2,1H3. The third-order valence-corrected chi connectivity index (χ3v) is 5.89. The SMILES string of the molecule is CN(C1CCCCC1)S(=O)(=O)c1cc(CO)cc(F)c1F. The van der Waals surface area contributed by atoms with Gasteiger partial charge in [0.2, 0.25) is 10.0 Å². The molecule has 0 spiro atoms. The molecule has 0 atom stereocenters. The highest BCUT2D eigenvalue weighted by atomic mass is 32.2. The van der Waals surface area contributed by atoms with Crippen molar-refractivity contribution in [2.75, 3.05) is 7.05 Å². The van der Waals surface area contributed by atoms with Crippen LogP contribution in [0.2, 0.25) is 0 Å². The molecule has 0 heterocycles. The van der Waals surface area contributed by atoms with Crippen LogP contribution in [0.15, 0.2) is 17.0 Å². The fraction of sp³-hybridized carbons (Fsp3) is 0.571. The van der Waals surface area contributed by atoms with Crippen molar-refractivity contribution in [1.82, 2.24) is 4.31 Å². The minimum Gasteiger partial charge on any atom is -0.392 e. The van der Waals surface area contributed by atoms with Crippen molar-refractivity contribution < 1.29 is 22.3 Å². The summed E-state index contributed by atoms with van der Waals surface area (Å²) in [5.74, 6) is -2.66. The number of rotatable bonds is 4. The van der Waals surface area contributed by atoms with Crippen molar-refractivity contribution in [2.24, 2.45) is 0 Å². The lowest BCUT2D eigenvalue weighted by atomic mass is 9.96. The van der Waals surface area contributed by atoms with E-state index in [1.807, 2.05) is 0 Å². The minimum atomic E-state index is -4.12. The molecule has 1 fully saturated rings. The van der Waals surface area contributed by atoms with Gasteiger partial charge in [-0.3, -0.25) is 0 Å². The molecule has 0 amide bonds. The summed E-state index contributed by atoms with van der Waals surface area (Å²) < 4.78 is 53.5. The van der Waals surface area contributed by atoms with Gasteiger partial charge >= 0.3 is 0 Å². The predicted octanol–water partition coefficient (Wildman–Crippen LogP) is 2.41. The lowest BCUT2D eigenvalue weighted by Crippen LogP contribution is -2.38. The van der Waals surface area contributed by atoms with Gasteiger partial charge in [-0.25, -0.2) is 17.2 Å². The Hall–Kier alpha value is -1.05. The molecule has 2 rings (SSSR count). The van der Waals surface area contributed by atoms with Crippen LogP contribution < -0.4 is 0 Å². The minimum absolute atomic E-state index is 0.0320. The number of benzene rings is 1. The highest BCUT2D eigenvalue weighted by Crippen LogP contribution is 2.28. The normalized spacial score (nSPS) is 17.4. The van der Waals surface area contributed by atoms with Gasteiger partial charge in [0, 0.05) is 13.1 Å². The third kappa shape index (κ3) is 3.25. The Bertz CT molecular complexity index is 613. The van der Waals surface area contributed by atoms with Crippen LogP contribution in [0.1, 0.15) is 37.7 Å². The average Bonchev–Trinajstić information content (AvgIpc) is 2.49. The average molecular weight is 319 g/mol. The van der Waals surface area contributed by atoms with Crippen molar-refractivity contribution in [3.63, 3.8) is 0 Å². The summed E-state index contributed by atoms with van der Waals surface area (Å²) in [5, 5.41) is 9.03. The molecule has 0 bridgehead atoms. The summed E-state index contributed by atoms with van der Waals surface area (Å²) in [5.41, 5.74) is 0.0320. The maximum Gasteiger partial charge on any atom is 0.246 e. The third-order valence-electron chi connectivity index (χ3n) is 3.98. The Morgan fingerprint density at radius 3 is 2.43 bits per heavy atom. The van der Waals surface area contributed by atoms with Gasteiger partial charge in [0.05, 0.1) is 6.61 Å². The van der Waals surface area contributed by atoms with Gasteiger partial charge in [-0.1, -0.05) is 19.3 Å². The fourth-order valence-corrected chi connectivity index (χ4v) is 4.23. The summed E-state index contributed by atoms with van der Waals surface area (Å²) in [6.07, 6.45) is 4.36. The quantitative estimate of drug-likeness (QED) is 0.927. The van der Waals surface area contributed by atoms with Crippen molar-refractivity contribution in [1.29, 1.82) is 0 Å². The Morgan fingerprint density at radius 1 is 1.24 bits per heavy atom. The van der Waals surface area contributed by atoms with Crippen molar-refractivity contribution in [2.45, 2.75) is 49.6 Å². The van der Waals surface area contributed by atoms with E-state index in [0.717, 1.165) is 48.5 Å². The smallest absolute Gasteiger partial charge is 0.246 e. The van der Waals surface area contributed by atoms with Crippen LogP contribution in [0, 0.1) is 11.6 Å². The molecular weight excluding hydrogens is 300 g/mol. The van der Waals surface area contributed by atoms with Gasteiger partial charge in [-0.05, 0) is 30.5 Å². The first-order valence-electron chi connectivity index (χ1n) is 6.94. The Balaban J connectivity index is 2.40. The molecule has 0 aliphatic heterocycles. The molecule has 21 heavy (non-hydrogen) atoms. The van der Waals surface area contributed by atoms with E-state index in [1.54, 1.807) is 0 Å².